The van der Waals surface area contributed by atoms with E-state index in [-0.39, 0.29) is 17.9 Å². The zero-order chi connectivity index (χ0) is 20.1. The molecule has 0 atom stereocenters. The minimum absolute atomic E-state index is 0.216. The molecule has 2 aromatic carbocycles. The Morgan fingerprint density at radius 2 is 1.61 bits per heavy atom. The largest absolute Gasteiger partial charge is 0.465 e. The number of esters is 1. The predicted molar refractivity (Wildman–Crippen MR) is 102 cm³/mol. The molecule has 28 heavy (non-hydrogen) atoms. The molecule has 142 valence electrons. The Balaban J connectivity index is 1.76. The normalized spacial score (nSPS) is 10.4. The van der Waals surface area contributed by atoms with Gasteiger partial charge in [-0.3, -0.25) is 9.59 Å². The fraction of sp³-hybridized carbons (Fsp3) is 0.0952. The van der Waals surface area contributed by atoms with Gasteiger partial charge in [0.15, 0.2) is 0 Å². The Kier molecular flexibility index (Phi) is 5.64. The standard InChI is InChI=1S/C21H17FN2O4/c1-28-21(27)15-4-9-18(10-5-15)23-20(26)16-6-11-19(25)24(13-16)12-14-2-7-17(22)8-3-14/h2-11,13H,12H2,1H3,(H,23,26). The van der Waals surface area contributed by atoms with Crippen LogP contribution in [0.1, 0.15) is 26.3 Å². The second-order valence-corrected chi connectivity index (χ2v) is 6.03. The second kappa shape index (κ2) is 8.30. The molecule has 1 heterocycles. The van der Waals surface area contributed by atoms with Crippen LogP contribution in [-0.4, -0.2) is 23.6 Å². The smallest absolute Gasteiger partial charge is 0.337 e. The molecule has 0 radical (unpaired) electrons. The maximum Gasteiger partial charge on any atom is 0.337 e. The number of nitrogens with one attached hydrogen (secondary N) is 1. The number of anilines is 1. The number of carbonyl (C=O) groups is 2. The number of carbonyl (C=O) groups excluding carboxylic acids is 2. The van der Waals surface area contributed by atoms with Crippen molar-refractivity contribution in [1.82, 2.24) is 4.57 Å². The van der Waals surface area contributed by atoms with E-state index >= 15 is 0 Å². The molecule has 3 rings (SSSR count). The minimum Gasteiger partial charge on any atom is -0.465 e. The molecule has 0 unspecified atom stereocenters. The van der Waals surface area contributed by atoms with Gasteiger partial charge in [0.2, 0.25) is 0 Å². The van der Waals surface area contributed by atoms with Crippen molar-refractivity contribution in [2.45, 2.75) is 6.54 Å². The Morgan fingerprint density at radius 1 is 0.964 bits per heavy atom. The first kappa shape index (κ1) is 19.0. The Bertz CT molecular complexity index is 1060. The highest BCUT2D eigenvalue weighted by Crippen LogP contribution is 2.12. The number of ether oxygens (including phenoxy) is 1. The average molecular weight is 380 g/mol. The van der Waals surface area contributed by atoms with Crippen molar-refractivity contribution in [2.24, 2.45) is 0 Å². The lowest BCUT2D eigenvalue weighted by molar-refractivity contribution is 0.0600. The Labute approximate surface area is 160 Å². The van der Waals surface area contributed by atoms with Crippen molar-refractivity contribution in [2.75, 3.05) is 12.4 Å². The predicted octanol–water partition coefficient (Wildman–Crippen LogP) is 3.07. The van der Waals surface area contributed by atoms with Crippen LogP contribution in [0.15, 0.2) is 71.7 Å². The maximum atomic E-state index is 13.0. The van der Waals surface area contributed by atoms with Crippen LogP contribution in [0.2, 0.25) is 0 Å². The molecule has 0 saturated heterocycles. The third-order valence-electron chi connectivity index (χ3n) is 4.08. The molecule has 0 aliphatic heterocycles. The van der Waals surface area contributed by atoms with E-state index in [1.54, 1.807) is 24.3 Å². The van der Waals surface area contributed by atoms with Gasteiger partial charge in [-0.2, -0.15) is 0 Å². The fourth-order valence-corrected chi connectivity index (χ4v) is 2.59. The Morgan fingerprint density at radius 3 is 2.25 bits per heavy atom. The molecule has 0 saturated carbocycles. The van der Waals surface area contributed by atoms with Gasteiger partial charge in [-0.15, -0.1) is 0 Å². The summed E-state index contributed by atoms with van der Waals surface area (Å²) in [6, 6.07) is 14.8. The molecule has 0 aliphatic rings. The molecule has 3 aromatic rings. The summed E-state index contributed by atoms with van der Waals surface area (Å²) in [5.74, 6) is -1.23. The van der Waals surface area contributed by atoms with Crippen LogP contribution in [0.25, 0.3) is 0 Å². The summed E-state index contributed by atoms with van der Waals surface area (Å²) in [6.07, 6.45) is 1.45. The van der Waals surface area contributed by atoms with Gasteiger partial charge in [0.05, 0.1) is 24.8 Å². The third-order valence-corrected chi connectivity index (χ3v) is 4.08. The van der Waals surface area contributed by atoms with E-state index in [9.17, 15) is 18.8 Å². The molecule has 1 amide bonds. The molecular weight excluding hydrogens is 363 g/mol. The zero-order valence-corrected chi connectivity index (χ0v) is 15.0. The van der Waals surface area contributed by atoms with Gasteiger partial charge in [-0.05, 0) is 48.0 Å². The van der Waals surface area contributed by atoms with Gasteiger partial charge in [0.25, 0.3) is 11.5 Å². The van der Waals surface area contributed by atoms with Crippen LogP contribution in [0, 0.1) is 5.82 Å². The molecule has 1 aromatic heterocycles. The number of hydrogen-bond acceptors (Lipinski definition) is 4. The molecule has 0 spiro atoms. The van der Waals surface area contributed by atoms with E-state index in [2.05, 4.69) is 10.1 Å². The van der Waals surface area contributed by atoms with Crippen molar-refractivity contribution < 1.29 is 18.7 Å². The van der Waals surface area contributed by atoms with Gasteiger partial charge >= 0.3 is 5.97 Å². The topological polar surface area (TPSA) is 77.4 Å². The van der Waals surface area contributed by atoms with Crippen molar-refractivity contribution in [1.29, 1.82) is 0 Å². The minimum atomic E-state index is -0.467. The van der Waals surface area contributed by atoms with Crippen LogP contribution in [0.5, 0.6) is 0 Å². The quantitative estimate of drug-likeness (QED) is 0.690. The van der Waals surface area contributed by atoms with Crippen LogP contribution < -0.4 is 10.9 Å². The zero-order valence-electron chi connectivity index (χ0n) is 15.0. The number of amides is 1. The summed E-state index contributed by atoms with van der Waals surface area (Å²) in [5.41, 5.74) is 1.61. The number of halogens is 1. The van der Waals surface area contributed by atoms with E-state index < -0.39 is 11.9 Å². The summed E-state index contributed by atoms with van der Waals surface area (Å²) in [6.45, 7) is 0.216. The average Bonchev–Trinajstić information content (AvgIpc) is 2.71. The van der Waals surface area contributed by atoms with E-state index in [0.717, 1.165) is 5.56 Å². The lowest BCUT2D eigenvalue weighted by Crippen LogP contribution is -2.22. The van der Waals surface area contributed by atoms with Crippen LogP contribution >= 0.6 is 0 Å². The summed E-state index contributed by atoms with van der Waals surface area (Å²) in [4.78, 5) is 36.0. The van der Waals surface area contributed by atoms with Crippen molar-refractivity contribution in [3.8, 4) is 0 Å². The van der Waals surface area contributed by atoms with Gasteiger partial charge < -0.3 is 14.6 Å². The fourth-order valence-electron chi connectivity index (χ4n) is 2.59. The van der Waals surface area contributed by atoms with Crippen molar-refractivity contribution >= 4 is 17.6 Å². The van der Waals surface area contributed by atoms with E-state index in [0.29, 0.717) is 16.8 Å². The molecule has 7 heteroatoms. The maximum absolute atomic E-state index is 13.0. The SMILES string of the molecule is COC(=O)c1ccc(NC(=O)c2ccc(=O)n(Cc3ccc(F)cc3)c2)cc1. The molecule has 0 fully saturated rings. The third kappa shape index (κ3) is 4.50. The highest BCUT2D eigenvalue weighted by atomic mass is 19.1. The number of pyridine rings is 1. The molecule has 6 nitrogen and oxygen atoms in total. The highest BCUT2D eigenvalue weighted by molar-refractivity contribution is 6.04. The van der Waals surface area contributed by atoms with Gasteiger partial charge in [0, 0.05) is 18.0 Å². The molecule has 1 N–H and O–H groups in total. The molecule has 0 aliphatic carbocycles. The van der Waals surface area contributed by atoms with Crippen molar-refractivity contribution in [3.63, 3.8) is 0 Å². The first-order valence-electron chi connectivity index (χ1n) is 8.41. The number of aromatic nitrogens is 1. The van der Waals surface area contributed by atoms with Gasteiger partial charge in [0.1, 0.15) is 5.82 Å². The van der Waals surface area contributed by atoms with Crippen LogP contribution in [-0.2, 0) is 11.3 Å². The van der Waals surface area contributed by atoms with Crippen molar-refractivity contribution in [3.05, 3.63) is 99.7 Å². The summed E-state index contributed by atoms with van der Waals surface area (Å²) in [7, 11) is 1.29. The lowest BCUT2D eigenvalue weighted by atomic mass is 10.2. The lowest BCUT2D eigenvalue weighted by Gasteiger charge is -2.10. The van der Waals surface area contributed by atoms with Crippen LogP contribution in [0.4, 0.5) is 10.1 Å². The molecular formula is C21H17FN2O4. The first-order chi connectivity index (χ1) is 13.5. The first-order valence-corrected chi connectivity index (χ1v) is 8.41. The van der Waals surface area contributed by atoms with E-state index in [4.69, 9.17) is 0 Å². The highest BCUT2D eigenvalue weighted by Gasteiger charge is 2.10. The number of methoxy groups -OCH3 is 1. The number of hydrogen-bond donors (Lipinski definition) is 1. The van der Waals surface area contributed by atoms with E-state index in [1.807, 2.05) is 0 Å². The van der Waals surface area contributed by atoms with Gasteiger partial charge in [-0.25, -0.2) is 9.18 Å². The number of benzene rings is 2. The molecule has 0 bridgehead atoms. The van der Waals surface area contributed by atoms with Gasteiger partial charge in [-0.1, -0.05) is 12.1 Å². The Hall–Kier alpha value is -3.74. The second-order valence-electron chi connectivity index (χ2n) is 6.03. The number of rotatable bonds is 5. The van der Waals surface area contributed by atoms with Crippen LogP contribution in [0.3, 0.4) is 0 Å². The summed E-state index contributed by atoms with van der Waals surface area (Å²) in [5, 5.41) is 2.70. The monoisotopic (exact) mass is 380 g/mol. The van der Waals surface area contributed by atoms with E-state index in [1.165, 1.54) is 54.3 Å². The summed E-state index contributed by atoms with van der Waals surface area (Å²) >= 11 is 0. The summed E-state index contributed by atoms with van der Waals surface area (Å²) < 4.78 is 19.0. The number of nitrogens with zero attached hydrogens (tertiary/aromatic N) is 1.